The second-order valence-corrected chi connectivity index (χ2v) is 21.2. The second kappa shape index (κ2) is 17.7. The maximum absolute atomic E-state index is 12.5. The monoisotopic (exact) mass is 849 g/mol. The quantitative estimate of drug-likeness (QED) is 0.138. The van der Waals surface area contributed by atoms with E-state index in [1.807, 2.05) is 125 Å². The van der Waals surface area contributed by atoms with E-state index < -0.39 is 49.9 Å². The molecule has 0 saturated heterocycles. The first kappa shape index (κ1) is 55.2. The number of rotatable bonds is 9. The van der Waals surface area contributed by atoms with Crippen molar-refractivity contribution in [2.24, 2.45) is 51.6 Å². The molecule has 0 fully saturated rings. The molecule has 58 heavy (non-hydrogen) atoms. The summed E-state index contributed by atoms with van der Waals surface area (Å²) in [6.07, 6.45) is 0. The van der Waals surface area contributed by atoms with E-state index in [1.54, 1.807) is 36.4 Å². The van der Waals surface area contributed by atoms with E-state index in [2.05, 4.69) is 0 Å². The Labute approximate surface area is 360 Å². The summed E-state index contributed by atoms with van der Waals surface area (Å²) < 4.78 is 0. The summed E-state index contributed by atoms with van der Waals surface area (Å²) in [6.45, 7) is 33.1. The van der Waals surface area contributed by atoms with Crippen molar-refractivity contribution in [3.63, 3.8) is 0 Å². The van der Waals surface area contributed by atoms with Gasteiger partial charge in [-0.3, -0.25) is 0 Å². The SMILES string of the molecule is CC(C)(N)c1cc(C(C)(C)N)c([O-])c(C(C)(C)N)c1.CC(C)(N)c1cc(C(C)(C)N)c([O-])c(C(C)(C)N)c1.CC(C)(N)c1cc(C(C)(C)N)c([O-])c(C(C)(C)N)c1.[Fe+3]. The average Bonchev–Trinajstić information content (AvgIpc) is 2.92. The molecule has 329 valence electrons. The van der Waals surface area contributed by atoms with Gasteiger partial charge in [-0.25, -0.2) is 0 Å². The Hall–Kier alpha value is -2.78. The number of hydrogen-bond donors (Lipinski definition) is 9. The minimum absolute atomic E-state index is 0. The molecule has 0 aliphatic rings. The van der Waals surface area contributed by atoms with Crippen LogP contribution in [0, 0.1) is 0 Å². The van der Waals surface area contributed by atoms with Gasteiger partial charge in [0, 0.05) is 49.9 Å². The molecular formula is C45H78FeN9O3. The Balaban J connectivity index is 0.000000833. The summed E-state index contributed by atoms with van der Waals surface area (Å²) in [6, 6.07) is 10.8. The van der Waals surface area contributed by atoms with E-state index in [-0.39, 0.29) is 34.3 Å². The van der Waals surface area contributed by atoms with Gasteiger partial charge >= 0.3 is 17.1 Å². The summed E-state index contributed by atoms with van der Waals surface area (Å²) >= 11 is 0. The third-order valence-electron chi connectivity index (χ3n) is 9.66. The third kappa shape index (κ3) is 14.7. The molecule has 3 aromatic rings. The predicted octanol–water partition coefficient (Wildman–Crippen LogP) is 4.02. The van der Waals surface area contributed by atoms with Crippen molar-refractivity contribution in [2.75, 3.05) is 0 Å². The standard InChI is InChI=1S/3C15H27N3O.Fe/c3*1-13(2,16)9-7-10(14(3,4)17)12(19)11(8-9)15(5,6)18;/h3*7-8,19H,16-18H2,1-6H3;/q;;;+3/p-3. The predicted molar refractivity (Wildman–Crippen MR) is 233 cm³/mol. The van der Waals surface area contributed by atoms with E-state index in [0.29, 0.717) is 33.4 Å². The number of hydrogen-bond acceptors (Lipinski definition) is 12. The molecule has 1 radical (unpaired) electrons. The Morgan fingerprint density at radius 1 is 0.259 bits per heavy atom. The van der Waals surface area contributed by atoms with E-state index in [4.69, 9.17) is 51.6 Å². The molecule has 0 unspecified atom stereocenters. The van der Waals surface area contributed by atoms with Crippen molar-refractivity contribution in [2.45, 2.75) is 174 Å². The molecule has 0 spiro atoms. The van der Waals surface area contributed by atoms with Crippen LogP contribution in [-0.4, -0.2) is 0 Å². The summed E-state index contributed by atoms with van der Waals surface area (Å²) in [5.74, 6) is -0.269. The zero-order valence-electron chi connectivity index (χ0n) is 38.7. The molecular weight excluding hydrogens is 770 g/mol. The minimum Gasteiger partial charge on any atom is -0.872 e. The molecule has 12 nitrogen and oxygen atoms in total. The van der Waals surface area contributed by atoms with Gasteiger partial charge in [-0.15, -0.1) is 0 Å². The van der Waals surface area contributed by atoms with Crippen LogP contribution in [-0.2, 0) is 66.9 Å². The van der Waals surface area contributed by atoms with Gasteiger partial charge in [0.15, 0.2) is 0 Å². The van der Waals surface area contributed by atoms with Gasteiger partial charge in [0.1, 0.15) is 0 Å². The van der Waals surface area contributed by atoms with Gasteiger partial charge in [-0.2, -0.15) is 0 Å². The first-order valence-corrected chi connectivity index (χ1v) is 19.4. The number of nitrogens with two attached hydrogens (primary N) is 9. The summed E-state index contributed by atoms with van der Waals surface area (Å²) in [4.78, 5) is 0. The van der Waals surface area contributed by atoms with Crippen LogP contribution in [0.4, 0.5) is 0 Å². The fourth-order valence-electron chi connectivity index (χ4n) is 5.87. The molecule has 0 saturated carbocycles. The van der Waals surface area contributed by atoms with Crippen LogP contribution in [0.25, 0.3) is 0 Å². The fraction of sp³-hybridized carbons (Fsp3) is 0.600. The Kier molecular flexibility index (Phi) is 16.8. The molecule has 0 aliphatic carbocycles. The number of benzene rings is 3. The van der Waals surface area contributed by atoms with Crippen molar-refractivity contribution in [3.8, 4) is 17.2 Å². The van der Waals surface area contributed by atoms with Gasteiger partial charge in [0.2, 0.25) is 0 Å². The minimum atomic E-state index is -0.724. The molecule has 0 amide bonds. The van der Waals surface area contributed by atoms with Crippen LogP contribution >= 0.6 is 0 Å². The zero-order valence-corrected chi connectivity index (χ0v) is 39.8. The van der Waals surface area contributed by atoms with Crippen LogP contribution in [0.1, 0.15) is 175 Å². The topological polar surface area (TPSA) is 303 Å². The molecule has 18 N–H and O–H groups in total. The molecule has 0 bridgehead atoms. The Bertz CT molecular complexity index is 1540. The van der Waals surface area contributed by atoms with Gasteiger partial charge in [0.05, 0.1) is 0 Å². The van der Waals surface area contributed by atoms with E-state index >= 15 is 0 Å². The smallest absolute Gasteiger partial charge is 0.872 e. The fourth-order valence-corrected chi connectivity index (χ4v) is 5.87. The first-order chi connectivity index (χ1) is 24.7. The largest absolute Gasteiger partial charge is 3.00 e. The van der Waals surface area contributed by atoms with Crippen LogP contribution < -0.4 is 66.9 Å². The van der Waals surface area contributed by atoms with Crippen LogP contribution in [0.2, 0.25) is 0 Å². The van der Waals surface area contributed by atoms with Gasteiger partial charge in [-0.1, -0.05) is 53.6 Å². The molecule has 3 aromatic carbocycles. The van der Waals surface area contributed by atoms with E-state index in [0.717, 1.165) is 16.7 Å². The summed E-state index contributed by atoms with van der Waals surface area (Å²) in [5.41, 5.74) is 55.0. The maximum Gasteiger partial charge on any atom is 3.00 e. The van der Waals surface area contributed by atoms with Crippen molar-refractivity contribution in [3.05, 3.63) is 86.5 Å². The van der Waals surface area contributed by atoms with Gasteiger partial charge in [0.25, 0.3) is 0 Å². The Morgan fingerprint density at radius 2 is 0.362 bits per heavy atom. The summed E-state index contributed by atoms with van der Waals surface area (Å²) in [7, 11) is 0. The van der Waals surface area contributed by atoms with E-state index in [1.165, 1.54) is 0 Å². The molecule has 0 atom stereocenters. The van der Waals surface area contributed by atoms with E-state index in [9.17, 15) is 15.3 Å². The van der Waals surface area contributed by atoms with Gasteiger partial charge < -0.3 is 66.9 Å². The molecule has 0 aliphatic heterocycles. The van der Waals surface area contributed by atoms with Crippen molar-refractivity contribution in [1.29, 1.82) is 0 Å². The normalized spacial score (nSPS) is 13.5. The van der Waals surface area contributed by atoms with Crippen molar-refractivity contribution in [1.82, 2.24) is 0 Å². The van der Waals surface area contributed by atoms with Crippen molar-refractivity contribution < 1.29 is 32.4 Å². The zero-order chi connectivity index (χ0) is 45.7. The Morgan fingerprint density at radius 3 is 0.431 bits per heavy atom. The van der Waals surface area contributed by atoms with Crippen LogP contribution in [0.3, 0.4) is 0 Å². The van der Waals surface area contributed by atoms with Crippen molar-refractivity contribution >= 4 is 0 Å². The van der Waals surface area contributed by atoms with Crippen LogP contribution in [0.5, 0.6) is 17.2 Å². The maximum atomic E-state index is 12.5. The molecule has 0 heterocycles. The molecule has 0 aromatic heterocycles. The third-order valence-corrected chi connectivity index (χ3v) is 9.66. The molecule has 13 heteroatoms. The average molecular weight is 849 g/mol. The first-order valence-electron chi connectivity index (χ1n) is 19.4. The van der Waals surface area contributed by atoms with Crippen LogP contribution in [0.15, 0.2) is 36.4 Å². The second-order valence-electron chi connectivity index (χ2n) is 21.2. The van der Waals surface area contributed by atoms with Gasteiger partial charge in [-0.05, 0) is 175 Å². The molecule has 3 rings (SSSR count). The summed E-state index contributed by atoms with van der Waals surface area (Å²) in [5, 5.41) is 37.6.